The Morgan fingerprint density at radius 3 is 2.46 bits per heavy atom. The van der Waals surface area contributed by atoms with Gasteiger partial charge in [-0.1, -0.05) is 17.4 Å². The highest BCUT2D eigenvalue weighted by atomic mass is 19.1. The molecule has 2 aromatic carbocycles. The SMILES string of the molecule is O=C(CN1N=NC2C(=O)N(c3ccc(F)cc3)C(=O)C21)Nc1ccccc1F. The standard InChI is InChI=1S/C18H13F2N5O3/c19-10-5-7-11(8-6-10)25-17(27)15-16(18(25)28)24(23-22-15)9-14(26)21-13-4-2-1-3-12(13)20/h1-8,15-16H,9H2,(H,21,26). The Morgan fingerprint density at radius 1 is 1.04 bits per heavy atom. The number of carbonyl (C=O) groups is 3. The summed E-state index contributed by atoms with van der Waals surface area (Å²) in [6.07, 6.45) is 0. The average Bonchev–Trinajstić information content (AvgIpc) is 3.18. The third-order valence-corrected chi connectivity index (χ3v) is 4.40. The summed E-state index contributed by atoms with van der Waals surface area (Å²) in [5.74, 6) is -2.96. The second kappa shape index (κ2) is 6.80. The van der Waals surface area contributed by atoms with Gasteiger partial charge >= 0.3 is 0 Å². The maximum absolute atomic E-state index is 13.7. The van der Waals surface area contributed by atoms with Crippen molar-refractivity contribution in [3.63, 3.8) is 0 Å². The van der Waals surface area contributed by atoms with E-state index in [1.165, 1.54) is 30.3 Å². The molecule has 2 unspecified atom stereocenters. The van der Waals surface area contributed by atoms with Crippen LogP contribution in [0, 0.1) is 11.6 Å². The van der Waals surface area contributed by atoms with Gasteiger partial charge in [0.15, 0.2) is 12.1 Å². The van der Waals surface area contributed by atoms with Crippen molar-refractivity contribution in [1.29, 1.82) is 0 Å². The second-order valence-corrected chi connectivity index (χ2v) is 6.21. The molecule has 0 aliphatic carbocycles. The van der Waals surface area contributed by atoms with E-state index in [1.807, 2.05) is 0 Å². The van der Waals surface area contributed by atoms with Gasteiger partial charge in [-0.15, -0.1) is 0 Å². The third-order valence-electron chi connectivity index (χ3n) is 4.40. The second-order valence-electron chi connectivity index (χ2n) is 6.21. The van der Waals surface area contributed by atoms with Crippen LogP contribution in [0.25, 0.3) is 0 Å². The molecule has 1 N–H and O–H groups in total. The highest BCUT2D eigenvalue weighted by Gasteiger charge is 2.55. The van der Waals surface area contributed by atoms with Gasteiger partial charge in [0.2, 0.25) is 5.91 Å². The molecule has 1 saturated heterocycles. The Hall–Kier alpha value is -3.69. The number of anilines is 2. The van der Waals surface area contributed by atoms with Gasteiger partial charge in [0, 0.05) is 0 Å². The highest BCUT2D eigenvalue weighted by Crippen LogP contribution is 2.31. The number of halogens is 2. The van der Waals surface area contributed by atoms with E-state index in [2.05, 4.69) is 15.7 Å². The monoisotopic (exact) mass is 385 g/mol. The Bertz CT molecular complexity index is 995. The van der Waals surface area contributed by atoms with Crippen molar-refractivity contribution in [3.8, 4) is 0 Å². The van der Waals surface area contributed by atoms with Crippen LogP contribution in [0.15, 0.2) is 58.9 Å². The number of fused-ring (bicyclic) bond motifs is 1. The smallest absolute Gasteiger partial charge is 0.263 e. The number of rotatable bonds is 4. The third kappa shape index (κ3) is 2.98. The highest BCUT2D eigenvalue weighted by molar-refractivity contribution is 6.25. The Balaban J connectivity index is 1.49. The summed E-state index contributed by atoms with van der Waals surface area (Å²) < 4.78 is 26.8. The maximum Gasteiger partial charge on any atom is 0.263 e. The molecule has 3 amide bonds. The van der Waals surface area contributed by atoms with Crippen LogP contribution in [0.5, 0.6) is 0 Å². The summed E-state index contributed by atoms with van der Waals surface area (Å²) in [5, 5.41) is 11.0. The van der Waals surface area contributed by atoms with Gasteiger partial charge in [0.05, 0.1) is 11.4 Å². The Morgan fingerprint density at radius 2 is 1.75 bits per heavy atom. The van der Waals surface area contributed by atoms with Gasteiger partial charge in [-0.25, -0.2) is 13.7 Å². The number of imide groups is 1. The van der Waals surface area contributed by atoms with E-state index in [1.54, 1.807) is 6.07 Å². The molecule has 2 aliphatic heterocycles. The molecule has 2 aliphatic rings. The lowest BCUT2D eigenvalue weighted by atomic mass is 10.1. The number of hydrogen-bond donors (Lipinski definition) is 1. The summed E-state index contributed by atoms with van der Waals surface area (Å²) in [6.45, 7) is -0.394. The summed E-state index contributed by atoms with van der Waals surface area (Å²) in [4.78, 5) is 38.4. The first-order valence-corrected chi connectivity index (χ1v) is 8.31. The summed E-state index contributed by atoms with van der Waals surface area (Å²) in [5.41, 5.74) is 0.193. The van der Waals surface area contributed by atoms with Crippen molar-refractivity contribution >= 4 is 29.1 Å². The Labute approximate surface area is 157 Å². The lowest BCUT2D eigenvalue weighted by Gasteiger charge is -2.20. The molecule has 0 spiro atoms. The van der Waals surface area contributed by atoms with Crippen LogP contribution in [-0.4, -0.2) is 41.4 Å². The van der Waals surface area contributed by atoms with Gasteiger partial charge in [-0.3, -0.25) is 19.4 Å². The van der Waals surface area contributed by atoms with Gasteiger partial charge < -0.3 is 5.32 Å². The molecule has 2 heterocycles. The molecule has 142 valence electrons. The number of carbonyl (C=O) groups excluding carboxylic acids is 3. The number of nitrogens with one attached hydrogen (secondary N) is 1. The first-order chi connectivity index (χ1) is 13.5. The summed E-state index contributed by atoms with van der Waals surface area (Å²) in [6, 6.07) is 8.33. The van der Waals surface area contributed by atoms with Crippen LogP contribution in [0.2, 0.25) is 0 Å². The van der Waals surface area contributed by atoms with Gasteiger partial charge in [-0.2, -0.15) is 5.11 Å². The fourth-order valence-electron chi connectivity index (χ4n) is 3.10. The minimum Gasteiger partial charge on any atom is -0.322 e. The largest absolute Gasteiger partial charge is 0.322 e. The minimum atomic E-state index is -1.08. The van der Waals surface area contributed by atoms with Crippen LogP contribution < -0.4 is 10.2 Å². The molecule has 4 rings (SSSR count). The van der Waals surface area contributed by atoms with Gasteiger partial charge in [0.25, 0.3) is 11.8 Å². The lowest BCUT2D eigenvalue weighted by Crippen LogP contribution is -2.43. The molecule has 0 saturated carbocycles. The fraction of sp³-hybridized carbons (Fsp3) is 0.167. The van der Waals surface area contributed by atoms with E-state index in [9.17, 15) is 23.2 Å². The molecule has 0 radical (unpaired) electrons. The first kappa shape index (κ1) is 17.7. The molecule has 8 nitrogen and oxygen atoms in total. The first-order valence-electron chi connectivity index (χ1n) is 8.31. The van der Waals surface area contributed by atoms with Crippen molar-refractivity contribution in [1.82, 2.24) is 5.01 Å². The number of benzene rings is 2. The van der Waals surface area contributed by atoms with Crippen LogP contribution in [0.3, 0.4) is 0 Å². The van der Waals surface area contributed by atoms with E-state index in [0.29, 0.717) is 0 Å². The van der Waals surface area contributed by atoms with Crippen molar-refractivity contribution in [2.75, 3.05) is 16.8 Å². The topological polar surface area (TPSA) is 94.4 Å². The average molecular weight is 385 g/mol. The molecule has 10 heteroatoms. The van der Waals surface area contributed by atoms with Gasteiger partial charge in [-0.05, 0) is 36.4 Å². The van der Waals surface area contributed by atoms with E-state index in [-0.39, 0.29) is 11.4 Å². The predicted molar refractivity (Wildman–Crippen MR) is 93.1 cm³/mol. The predicted octanol–water partition coefficient (Wildman–Crippen LogP) is 1.90. The summed E-state index contributed by atoms with van der Waals surface area (Å²) in [7, 11) is 0. The number of hydrogen-bond acceptors (Lipinski definition) is 6. The van der Waals surface area contributed by atoms with E-state index >= 15 is 0 Å². The zero-order valence-electron chi connectivity index (χ0n) is 14.3. The van der Waals surface area contributed by atoms with Crippen LogP contribution in [-0.2, 0) is 14.4 Å². The molecular weight excluding hydrogens is 372 g/mol. The van der Waals surface area contributed by atoms with Crippen LogP contribution in [0.4, 0.5) is 20.2 Å². The van der Waals surface area contributed by atoms with Crippen molar-refractivity contribution in [2.45, 2.75) is 12.1 Å². The molecule has 28 heavy (non-hydrogen) atoms. The minimum absolute atomic E-state index is 0.0121. The fourth-order valence-corrected chi connectivity index (χ4v) is 3.10. The van der Waals surface area contributed by atoms with Crippen molar-refractivity contribution in [2.24, 2.45) is 10.3 Å². The zero-order valence-corrected chi connectivity index (χ0v) is 14.3. The molecule has 2 aromatic rings. The maximum atomic E-state index is 13.7. The lowest BCUT2D eigenvalue weighted by molar-refractivity contribution is -0.123. The van der Waals surface area contributed by atoms with E-state index < -0.39 is 48.0 Å². The van der Waals surface area contributed by atoms with Crippen LogP contribution in [0.1, 0.15) is 0 Å². The van der Waals surface area contributed by atoms with Crippen molar-refractivity contribution in [3.05, 3.63) is 60.2 Å². The van der Waals surface area contributed by atoms with Crippen molar-refractivity contribution < 1.29 is 23.2 Å². The molecular formula is C18H13F2N5O3. The quantitative estimate of drug-likeness (QED) is 0.814. The Kier molecular flexibility index (Phi) is 4.30. The van der Waals surface area contributed by atoms with E-state index in [4.69, 9.17) is 0 Å². The zero-order chi connectivity index (χ0) is 19.8. The normalized spacial score (nSPS) is 20.6. The molecule has 1 fully saturated rings. The van der Waals surface area contributed by atoms with E-state index in [0.717, 1.165) is 22.0 Å². The summed E-state index contributed by atoms with van der Waals surface area (Å²) >= 11 is 0. The number of para-hydroxylation sites is 1. The molecule has 0 aromatic heterocycles. The number of amides is 3. The van der Waals surface area contributed by atoms with Gasteiger partial charge in [0.1, 0.15) is 18.2 Å². The number of nitrogens with zero attached hydrogens (tertiary/aromatic N) is 4. The van der Waals surface area contributed by atoms with Crippen LogP contribution >= 0.6 is 0 Å². The molecule has 0 bridgehead atoms. The molecule has 2 atom stereocenters.